The number of nitrogens with zero attached hydrogens (tertiary/aromatic N) is 1. The van der Waals surface area contributed by atoms with Crippen LogP contribution in [0.1, 0.15) is 5.56 Å². The molecule has 0 radical (unpaired) electrons. The highest BCUT2D eigenvalue weighted by Gasteiger charge is 2.30. The zero-order valence-corrected chi connectivity index (χ0v) is 8.83. The number of hydrogen-bond acceptors (Lipinski definition) is 3. The number of aliphatic hydroxyl groups excluding tert-OH is 1. The minimum atomic E-state index is -4.32. The molecule has 0 spiro atoms. The standard InChI is InChI=1S/C11H11F3N2O/c12-11(13,14)9-1-3-10(4-2-9)16-6-8(7-17)5-15-16/h1-4,6,15,17H,5,7H2. The van der Waals surface area contributed by atoms with Crippen LogP contribution in [-0.2, 0) is 6.18 Å². The number of alkyl halides is 3. The van der Waals surface area contributed by atoms with Crippen LogP contribution in [0.4, 0.5) is 18.9 Å². The molecule has 2 rings (SSSR count). The Morgan fingerprint density at radius 2 is 1.88 bits per heavy atom. The van der Waals surface area contributed by atoms with Gasteiger partial charge in [-0.05, 0) is 29.8 Å². The van der Waals surface area contributed by atoms with Crippen LogP contribution in [0.2, 0.25) is 0 Å². The van der Waals surface area contributed by atoms with Crippen molar-refractivity contribution >= 4 is 5.69 Å². The van der Waals surface area contributed by atoms with Crippen LogP contribution in [0.3, 0.4) is 0 Å². The highest BCUT2D eigenvalue weighted by Crippen LogP contribution is 2.30. The van der Waals surface area contributed by atoms with E-state index < -0.39 is 11.7 Å². The molecule has 0 aliphatic carbocycles. The molecule has 0 unspecified atom stereocenters. The fourth-order valence-electron chi connectivity index (χ4n) is 1.53. The molecule has 3 nitrogen and oxygen atoms in total. The molecule has 1 heterocycles. The number of benzene rings is 1. The molecule has 1 aliphatic heterocycles. The molecule has 0 aromatic heterocycles. The molecule has 0 saturated heterocycles. The first kappa shape index (κ1) is 11.9. The summed E-state index contributed by atoms with van der Waals surface area (Å²) in [6.45, 7) is 0.432. The van der Waals surface area contributed by atoms with Crippen molar-refractivity contribution in [1.29, 1.82) is 0 Å². The number of hydrazine groups is 1. The van der Waals surface area contributed by atoms with Gasteiger partial charge >= 0.3 is 6.18 Å². The van der Waals surface area contributed by atoms with Crippen LogP contribution in [-0.4, -0.2) is 18.3 Å². The summed E-state index contributed by atoms with van der Waals surface area (Å²) in [5.41, 5.74) is 3.64. The third kappa shape index (κ3) is 2.59. The Bertz CT molecular complexity index is 425. The van der Waals surface area contributed by atoms with Gasteiger partial charge in [-0.3, -0.25) is 5.01 Å². The lowest BCUT2D eigenvalue weighted by atomic mass is 10.2. The number of hydrogen-bond donors (Lipinski definition) is 2. The smallest absolute Gasteiger partial charge is 0.392 e. The Labute approximate surface area is 96.1 Å². The third-order valence-corrected chi connectivity index (χ3v) is 2.46. The summed E-state index contributed by atoms with van der Waals surface area (Å²) in [6.07, 6.45) is -2.65. The minimum absolute atomic E-state index is 0.0653. The number of nitrogens with one attached hydrogen (secondary N) is 1. The van der Waals surface area contributed by atoms with Crippen LogP contribution in [0.5, 0.6) is 0 Å². The van der Waals surface area contributed by atoms with Crippen LogP contribution in [0.25, 0.3) is 0 Å². The maximum atomic E-state index is 12.3. The van der Waals surface area contributed by atoms with Gasteiger partial charge in [0, 0.05) is 12.7 Å². The van der Waals surface area contributed by atoms with Gasteiger partial charge in [-0.2, -0.15) is 13.2 Å². The van der Waals surface area contributed by atoms with Gasteiger partial charge in [0.1, 0.15) is 0 Å². The molecule has 92 valence electrons. The van der Waals surface area contributed by atoms with Gasteiger partial charge < -0.3 is 5.11 Å². The van der Waals surface area contributed by atoms with E-state index in [-0.39, 0.29) is 6.61 Å². The SMILES string of the molecule is OCC1=CN(c2ccc(C(F)(F)F)cc2)NC1. The fraction of sp³-hybridized carbons (Fsp3) is 0.273. The molecule has 0 amide bonds. The summed E-state index contributed by atoms with van der Waals surface area (Å²) in [6, 6.07) is 4.82. The van der Waals surface area contributed by atoms with Crippen molar-refractivity contribution in [3.63, 3.8) is 0 Å². The predicted molar refractivity (Wildman–Crippen MR) is 57.1 cm³/mol. The molecule has 0 atom stereocenters. The van der Waals surface area contributed by atoms with Gasteiger partial charge in [-0.25, -0.2) is 5.43 Å². The molecule has 0 bridgehead atoms. The number of anilines is 1. The second-order valence-corrected chi connectivity index (χ2v) is 3.69. The molecule has 2 N–H and O–H groups in total. The summed E-state index contributed by atoms with van der Waals surface area (Å²) in [7, 11) is 0. The molecule has 0 fully saturated rings. The quantitative estimate of drug-likeness (QED) is 0.834. The van der Waals surface area contributed by atoms with Crippen molar-refractivity contribution in [3.8, 4) is 0 Å². The summed E-state index contributed by atoms with van der Waals surface area (Å²) in [5, 5.41) is 10.5. The Kier molecular flexibility index (Phi) is 3.08. The maximum absolute atomic E-state index is 12.3. The summed E-state index contributed by atoms with van der Waals surface area (Å²) >= 11 is 0. The average Bonchev–Trinajstić information content (AvgIpc) is 2.76. The van der Waals surface area contributed by atoms with Gasteiger partial charge in [0.2, 0.25) is 0 Å². The van der Waals surface area contributed by atoms with E-state index in [1.165, 1.54) is 12.1 Å². The van der Waals surface area contributed by atoms with Crippen molar-refractivity contribution < 1.29 is 18.3 Å². The monoisotopic (exact) mass is 244 g/mol. The predicted octanol–water partition coefficient (Wildman–Crippen LogP) is 1.91. The summed E-state index contributed by atoms with van der Waals surface area (Å²) in [4.78, 5) is 0. The lowest BCUT2D eigenvalue weighted by Crippen LogP contribution is -2.28. The van der Waals surface area contributed by atoms with Gasteiger partial charge in [0.25, 0.3) is 0 Å². The maximum Gasteiger partial charge on any atom is 0.416 e. The zero-order valence-electron chi connectivity index (χ0n) is 8.83. The Hall–Kier alpha value is -1.53. The van der Waals surface area contributed by atoms with E-state index in [1.807, 2.05) is 0 Å². The van der Waals surface area contributed by atoms with E-state index in [9.17, 15) is 13.2 Å². The van der Waals surface area contributed by atoms with Crippen molar-refractivity contribution in [3.05, 3.63) is 41.6 Å². The lowest BCUT2D eigenvalue weighted by molar-refractivity contribution is -0.137. The van der Waals surface area contributed by atoms with E-state index in [1.54, 1.807) is 11.2 Å². The normalized spacial score (nSPS) is 16.2. The molecule has 0 saturated carbocycles. The largest absolute Gasteiger partial charge is 0.416 e. The zero-order chi connectivity index (χ0) is 12.5. The van der Waals surface area contributed by atoms with Crippen molar-refractivity contribution in [2.75, 3.05) is 18.2 Å². The van der Waals surface area contributed by atoms with Crippen molar-refractivity contribution in [2.24, 2.45) is 0 Å². The molecule has 1 aliphatic rings. The molecular formula is C11H11F3N2O. The summed E-state index contributed by atoms with van der Waals surface area (Å²) in [5.74, 6) is 0. The highest BCUT2D eigenvalue weighted by molar-refractivity contribution is 5.51. The second kappa shape index (κ2) is 4.38. The van der Waals surface area contributed by atoms with E-state index in [0.717, 1.165) is 17.7 Å². The van der Waals surface area contributed by atoms with Gasteiger partial charge in [-0.1, -0.05) is 0 Å². The molecule has 17 heavy (non-hydrogen) atoms. The lowest BCUT2D eigenvalue weighted by Gasteiger charge is -2.16. The van der Waals surface area contributed by atoms with Crippen LogP contribution in [0, 0.1) is 0 Å². The van der Waals surface area contributed by atoms with Crippen molar-refractivity contribution in [1.82, 2.24) is 5.43 Å². The van der Waals surface area contributed by atoms with Crippen LogP contribution in [0.15, 0.2) is 36.0 Å². The molecule has 6 heteroatoms. The van der Waals surface area contributed by atoms with E-state index in [2.05, 4.69) is 5.43 Å². The van der Waals surface area contributed by atoms with E-state index >= 15 is 0 Å². The van der Waals surface area contributed by atoms with Crippen LogP contribution < -0.4 is 10.4 Å². The number of rotatable bonds is 2. The first-order chi connectivity index (χ1) is 8.00. The topological polar surface area (TPSA) is 35.5 Å². The Morgan fingerprint density at radius 3 is 2.35 bits per heavy atom. The van der Waals surface area contributed by atoms with Crippen molar-refractivity contribution in [2.45, 2.75) is 6.18 Å². The number of halogens is 3. The second-order valence-electron chi connectivity index (χ2n) is 3.69. The highest BCUT2D eigenvalue weighted by atomic mass is 19.4. The Morgan fingerprint density at radius 1 is 1.24 bits per heavy atom. The van der Waals surface area contributed by atoms with E-state index in [0.29, 0.717) is 12.2 Å². The molecule has 1 aromatic carbocycles. The third-order valence-electron chi connectivity index (χ3n) is 2.46. The number of aliphatic hydroxyl groups is 1. The first-order valence-corrected chi connectivity index (χ1v) is 5.01. The van der Waals surface area contributed by atoms with Gasteiger partial charge in [0.15, 0.2) is 0 Å². The summed E-state index contributed by atoms with van der Waals surface area (Å²) < 4.78 is 37.0. The minimum Gasteiger partial charge on any atom is -0.392 e. The van der Waals surface area contributed by atoms with Crippen LogP contribution >= 0.6 is 0 Å². The fourth-order valence-corrected chi connectivity index (χ4v) is 1.53. The van der Waals surface area contributed by atoms with Gasteiger partial charge in [-0.15, -0.1) is 0 Å². The molecule has 1 aromatic rings. The van der Waals surface area contributed by atoms with Gasteiger partial charge in [0.05, 0.1) is 17.9 Å². The average molecular weight is 244 g/mol. The molecular weight excluding hydrogens is 233 g/mol. The Balaban J connectivity index is 2.17. The first-order valence-electron chi connectivity index (χ1n) is 5.01. The van der Waals surface area contributed by atoms with E-state index in [4.69, 9.17) is 5.11 Å².